The zero-order chi connectivity index (χ0) is 12.9. The van der Waals surface area contributed by atoms with Crippen LogP contribution in [-0.4, -0.2) is 6.00 Å². The van der Waals surface area contributed by atoms with Crippen molar-refractivity contribution in [3.05, 3.63) is 42.5 Å². The van der Waals surface area contributed by atoms with Crippen LogP contribution in [-0.2, 0) is 0 Å². The van der Waals surface area contributed by atoms with Gasteiger partial charge in [0.25, 0.3) is 0 Å². The monoisotopic (exact) mass is 306 g/mol. The second-order valence-electron chi connectivity index (χ2n) is 4.20. The van der Waals surface area contributed by atoms with Crippen LogP contribution in [0.2, 0.25) is 5.54 Å². The topological polar surface area (TPSA) is 0 Å². The summed E-state index contributed by atoms with van der Waals surface area (Å²) in [5.41, 5.74) is 2.35. The first-order chi connectivity index (χ1) is 7.95. The van der Waals surface area contributed by atoms with Crippen LogP contribution in [0.5, 0.6) is 0 Å². The Morgan fingerprint density at radius 2 is 1.82 bits per heavy atom. The SMILES string of the molecule is C=C(CC(CCC)[Si](Cl)(Cl)Cl)c1ccccc1. The van der Waals surface area contributed by atoms with Gasteiger partial charge in [0, 0.05) is 0 Å². The minimum Gasteiger partial charge on any atom is -0.126 e. The standard InChI is InChI=1S/C13H17Cl3Si/c1-3-7-13(17(14,15)16)10-11(2)12-8-5-4-6-9-12/h4-6,8-9,13H,2-3,7,10H2,1H3. The number of hydrogen-bond acceptors (Lipinski definition) is 0. The zero-order valence-electron chi connectivity index (χ0n) is 9.93. The average Bonchev–Trinajstić information content (AvgIpc) is 2.28. The van der Waals surface area contributed by atoms with Crippen LogP contribution in [0.1, 0.15) is 31.7 Å². The van der Waals surface area contributed by atoms with Crippen LogP contribution in [0, 0.1) is 0 Å². The van der Waals surface area contributed by atoms with Crippen molar-refractivity contribution in [2.75, 3.05) is 0 Å². The third-order valence-corrected chi connectivity index (χ3v) is 6.97. The molecule has 1 aromatic carbocycles. The molecule has 0 nitrogen and oxygen atoms in total. The lowest BCUT2D eigenvalue weighted by atomic mass is 10.0. The van der Waals surface area contributed by atoms with E-state index in [1.165, 1.54) is 0 Å². The molecule has 0 bridgehead atoms. The van der Waals surface area contributed by atoms with Gasteiger partial charge in [0.15, 0.2) is 0 Å². The third-order valence-electron chi connectivity index (χ3n) is 2.77. The minimum absolute atomic E-state index is 0.158. The Labute approximate surface area is 119 Å². The molecule has 1 atom stereocenters. The molecule has 0 aromatic heterocycles. The van der Waals surface area contributed by atoms with Crippen molar-refractivity contribution >= 4 is 44.8 Å². The van der Waals surface area contributed by atoms with Crippen LogP contribution in [0.4, 0.5) is 0 Å². The van der Waals surface area contributed by atoms with Crippen molar-refractivity contribution in [1.82, 2.24) is 0 Å². The first kappa shape index (κ1) is 15.1. The second-order valence-corrected chi connectivity index (χ2v) is 13.2. The smallest absolute Gasteiger partial charge is 0.126 e. The van der Waals surface area contributed by atoms with Crippen LogP contribution in [0.25, 0.3) is 5.57 Å². The molecule has 0 saturated carbocycles. The summed E-state index contributed by atoms with van der Waals surface area (Å²) in [4.78, 5) is 0. The van der Waals surface area contributed by atoms with Crippen LogP contribution < -0.4 is 0 Å². The van der Waals surface area contributed by atoms with Crippen molar-refractivity contribution in [2.45, 2.75) is 31.7 Å². The quantitative estimate of drug-likeness (QED) is 0.452. The fourth-order valence-corrected chi connectivity index (χ4v) is 4.59. The number of hydrogen-bond donors (Lipinski definition) is 0. The van der Waals surface area contributed by atoms with Gasteiger partial charge in [-0.15, -0.1) is 33.2 Å². The highest BCUT2D eigenvalue weighted by Gasteiger charge is 2.36. The van der Waals surface area contributed by atoms with Crippen molar-refractivity contribution < 1.29 is 0 Å². The van der Waals surface area contributed by atoms with Gasteiger partial charge in [-0.1, -0.05) is 50.3 Å². The summed E-state index contributed by atoms with van der Waals surface area (Å²) in [5.74, 6) is 0. The lowest BCUT2D eigenvalue weighted by Gasteiger charge is -2.22. The molecule has 0 N–H and O–H groups in total. The Bertz CT molecular complexity index is 357. The van der Waals surface area contributed by atoms with E-state index in [9.17, 15) is 0 Å². The number of allylic oxidation sites excluding steroid dienone is 1. The predicted octanol–water partition coefficient (Wildman–Crippen LogP) is 5.92. The summed E-state index contributed by atoms with van der Waals surface area (Å²) < 4.78 is 0. The lowest BCUT2D eigenvalue weighted by molar-refractivity contribution is 0.726. The molecule has 1 rings (SSSR count). The molecule has 0 aliphatic rings. The van der Waals surface area contributed by atoms with Crippen molar-refractivity contribution in [3.8, 4) is 0 Å². The van der Waals surface area contributed by atoms with E-state index in [1.807, 2.05) is 30.3 Å². The number of benzene rings is 1. The molecule has 1 unspecified atom stereocenters. The first-order valence-electron chi connectivity index (χ1n) is 5.75. The van der Waals surface area contributed by atoms with E-state index in [-0.39, 0.29) is 5.54 Å². The van der Waals surface area contributed by atoms with Crippen molar-refractivity contribution in [1.29, 1.82) is 0 Å². The molecule has 0 amide bonds. The summed E-state index contributed by atoms with van der Waals surface area (Å²) in [6.45, 7) is 6.22. The Balaban J connectivity index is 2.71. The molecule has 94 valence electrons. The highest BCUT2D eigenvalue weighted by Crippen LogP contribution is 2.42. The van der Waals surface area contributed by atoms with Gasteiger partial charge >= 0.3 is 6.00 Å². The molecular weight excluding hydrogens is 291 g/mol. The zero-order valence-corrected chi connectivity index (χ0v) is 13.2. The van der Waals surface area contributed by atoms with Gasteiger partial charge in [0.05, 0.1) is 0 Å². The molecule has 0 aliphatic carbocycles. The fourth-order valence-electron chi connectivity index (χ4n) is 1.82. The summed E-state index contributed by atoms with van der Waals surface area (Å²) in [6, 6.07) is 7.44. The third kappa shape index (κ3) is 5.05. The van der Waals surface area contributed by atoms with E-state index < -0.39 is 6.00 Å². The van der Waals surface area contributed by atoms with Crippen molar-refractivity contribution in [3.63, 3.8) is 0 Å². The van der Waals surface area contributed by atoms with Gasteiger partial charge in [-0.3, -0.25) is 0 Å². The highest BCUT2D eigenvalue weighted by molar-refractivity contribution is 7.65. The average molecular weight is 308 g/mol. The summed E-state index contributed by atoms with van der Waals surface area (Å²) in [5, 5.41) is 0. The molecule has 0 saturated heterocycles. The predicted molar refractivity (Wildman–Crippen MR) is 82.1 cm³/mol. The van der Waals surface area contributed by atoms with Gasteiger partial charge < -0.3 is 0 Å². The minimum atomic E-state index is -2.65. The molecule has 0 radical (unpaired) electrons. The number of halogens is 3. The first-order valence-corrected chi connectivity index (χ1v) is 10.9. The maximum Gasteiger partial charge on any atom is 0.344 e. The Hall–Kier alpha value is 0.0469. The van der Waals surface area contributed by atoms with Gasteiger partial charge in [-0.05, 0) is 29.5 Å². The highest BCUT2D eigenvalue weighted by atomic mass is 35.8. The number of rotatable bonds is 6. The normalized spacial score (nSPS) is 13.4. The molecule has 0 spiro atoms. The largest absolute Gasteiger partial charge is 0.344 e. The van der Waals surface area contributed by atoms with E-state index in [0.29, 0.717) is 0 Å². The molecule has 1 aromatic rings. The van der Waals surface area contributed by atoms with E-state index in [2.05, 4.69) is 13.5 Å². The second kappa shape index (κ2) is 6.84. The fraction of sp³-hybridized carbons (Fsp3) is 0.385. The Morgan fingerprint density at radius 1 is 1.24 bits per heavy atom. The lowest BCUT2D eigenvalue weighted by Crippen LogP contribution is -2.20. The van der Waals surface area contributed by atoms with Crippen LogP contribution in [0.3, 0.4) is 0 Å². The maximum absolute atomic E-state index is 6.14. The maximum atomic E-state index is 6.14. The molecule has 0 fully saturated rings. The summed E-state index contributed by atoms with van der Waals surface area (Å²) in [7, 11) is 0. The van der Waals surface area contributed by atoms with Gasteiger partial charge in [-0.2, -0.15) is 0 Å². The molecule has 17 heavy (non-hydrogen) atoms. The van der Waals surface area contributed by atoms with Crippen molar-refractivity contribution in [2.24, 2.45) is 0 Å². The molecule has 4 heteroatoms. The van der Waals surface area contributed by atoms with Gasteiger partial charge in [0.1, 0.15) is 0 Å². The summed E-state index contributed by atoms with van der Waals surface area (Å²) >= 11 is 18.4. The molecule has 0 heterocycles. The Kier molecular flexibility index (Phi) is 6.08. The van der Waals surface area contributed by atoms with E-state index >= 15 is 0 Å². The van der Waals surface area contributed by atoms with E-state index in [1.54, 1.807) is 0 Å². The van der Waals surface area contributed by atoms with E-state index in [0.717, 1.165) is 30.4 Å². The van der Waals surface area contributed by atoms with Crippen LogP contribution in [0.15, 0.2) is 36.9 Å². The van der Waals surface area contributed by atoms with Crippen LogP contribution >= 0.6 is 33.2 Å². The molecule has 0 aliphatic heterocycles. The Morgan fingerprint density at radius 3 is 2.29 bits per heavy atom. The summed E-state index contributed by atoms with van der Waals surface area (Å²) in [6.07, 6.45) is 2.77. The van der Waals surface area contributed by atoms with Gasteiger partial charge in [-0.25, -0.2) is 0 Å². The van der Waals surface area contributed by atoms with E-state index in [4.69, 9.17) is 33.2 Å². The van der Waals surface area contributed by atoms with Gasteiger partial charge in [0.2, 0.25) is 0 Å². The molecular formula is C13H17Cl3Si.